The lowest BCUT2D eigenvalue weighted by molar-refractivity contribution is 0.860. The maximum Gasteiger partial charge on any atom is 0.327 e. The van der Waals surface area contributed by atoms with Crippen LogP contribution < -0.4 is 11.2 Å². The molecule has 0 saturated carbocycles. The van der Waals surface area contributed by atoms with Gasteiger partial charge >= 0.3 is 5.69 Å². The van der Waals surface area contributed by atoms with Crippen LogP contribution in [0.3, 0.4) is 0 Å². The van der Waals surface area contributed by atoms with Gasteiger partial charge in [0.1, 0.15) is 0 Å². The Hall–Kier alpha value is -2.05. The van der Waals surface area contributed by atoms with E-state index in [1.54, 1.807) is 0 Å². The quantitative estimate of drug-likeness (QED) is 0.602. The van der Waals surface area contributed by atoms with Crippen molar-refractivity contribution in [1.82, 2.24) is 25.1 Å². The highest BCUT2D eigenvalue weighted by molar-refractivity contribution is 5.66. The molecule has 7 nitrogen and oxygen atoms in total. The first kappa shape index (κ1) is 8.54. The van der Waals surface area contributed by atoms with Gasteiger partial charge in [-0.25, -0.2) is 9.78 Å². The first-order valence-corrected chi connectivity index (χ1v) is 4.06. The summed E-state index contributed by atoms with van der Waals surface area (Å²) in [5.74, 6) is 0.468. The lowest BCUT2D eigenvalue weighted by Crippen LogP contribution is -2.24. The van der Waals surface area contributed by atoms with Gasteiger partial charge in [-0.05, 0) is 0 Å². The van der Waals surface area contributed by atoms with Crippen LogP contribution in [0.15, 0.2) is 9.59 Å². The zero-order valence-electron chi connectivity index (χ0n) is 7.37. The van der Waals surface area contributed by atoms with E-state index < -0.39 is 11.2 Å². The lowest BCUT2D eigenvalue weighted by atomic mass is 10.4. The summed E-state index contributed by atoms with van der Waals surface area (Å²) in [5.41, 5.74) is -0.941. The van der Waals surface area contributed by atoms with Crippen LogP contribution in [0, 0.1) is 0 Å². The summed E-state index contributed by atoms with van der Waals surface area (Å²) in [5, 5.41) is 7.41. The van der Waals surface area contributed by atoms with Gasteiger partial charge in [0.15, 0.2) is 17.0 Å². The number of nitrogens with one attached hydrogen (secondary N) is 2. The number of hydrogen-bond donors (Lipinski definition) is 2. The Labute approximate surface area is 77.2 Å². The molecule has 0 aliphatic rings. The predicted octanol–water partition coefficient (Wildman–Crippen LogP) is -1.04. The predicted molar refractivity (Wildman–Crippen MR) is 48.0 cm³/mol. The molecule has 2 N–H and O–H groups in total. The fourth-order valence-corrected chi connectivity index (χ4v) is 1.05. The summed E-state index contributed by atoms with van der Waals surface area (Å²) in [6, 6.07) is 0. The summed E-state index contributed by atoms with van der Waals surface area (Å²) in [6.45, 7) is 1.85. The molecule has 0 radical (unpaired) electrons. The van der Waals surface area contributed by atoms with Gasteiger partial charge in [0, 0.05) is 6.42 Å². The van der Waals surface area contributed by atoms with Gasteiger partial charge < -0.3 is 0 Å². The van der Waals surface area contributed by atoms with Crippen LogP contribution in [0.5, 0.6) is 0 Å². The van der Waals surface area contributed by atoms with Crippen LogP contribution in [0.1, 0.15) is 12.7 Å². The van der Waals surface area contributed by atoms with Crippen molar-refractivity contribution in [1.29, 1.82) is 0 Å². The third-order valence-corrected chi connectivity index (χ3v) is 1.72. The van der Waals surface area contributed by atoms with Crippen molar-refractivity contribution in [2.24, 2.45) is 0 Å². The second-order valence-corrected chi connectivity index (χ2v) is 2.69. The van der Waals surface area contributed by atoms with Crippen molar-refractivity contribution >= 4 is 11.2 Å². The van der Waals surface area contributed by atoms with Crippen molar-refractivity contribution in [3.8, 4) is 0 Å². The molecule has 2 rings (SSSR count). The maximum absolute atomic E-state index is 11.3. The van der Waals surface area contributed by atoms with E-state index in [2.05, 4.69) is 25.1 Å². The molecule has 0 aliphatic carbocycles. The Morgan fingerprint density at radius 2 is 2.00 bits per heavy atom. The van der Waals surface area contributed by atoms with E-state index in [4.69, 9.17) is 0 Å². The largest absolute Gasteiger partial charge is 0.327 e. The minimum Gasteiger partial charge on any atom is -0.288 e. The van der Waals surface area contributed by atoms with Crippen LogP contribution in [-0.4, -0.2) is 25.1 Å². The topological polar surface area (TPSA) is 104 Å². The monoisotopic (exact) mass is 193 g/mol. The van der Waals surface area contributed by atoms with Crippen LogP contribution in [0.2, 0.25) is 0 Å². The van der Waals surface area contributed by atoms with Gasteiger partial charge in [-0.1, -0.05) is 6.92 Å². The Morgan fingerprint density at radius 1 is 1.21 bits per heavy atom. The average Bonchev–Trinajstić information content (AvgIpc) is 2.17. The molecule has 2 aromatic rings. The first-order valence-electron chi connectivity index (χ1n) is 4.06. The normalized spacial score (nSPS) is 10.6. The zero-order chi connectivity index (χ0) is 10.1. The van der Waals surface area contributed by atoms with Crippen molar-refractivity contribution < 1.29 is 0 Å². The Kier molecular flexibility index (Phi) is 1.84. The molecule has 0 aliphatic heterocycles. The Morgan fingerprint density at radius 3 is 2.71 bits per heavy atom. The second kappa shape index (κ2) is 3.02. The average molecular weight is 193 g/mol. The highest BCUT2D eigenvalue weighted by atomic mass is 16.2. The minimum absolute atomic E-state index is 0.107. The van der Waals surface area contributed by atoms with E-state index in [1.165, 1.54) is 0 Å². The third-order valence-electron chi connectivity index (χ3n) is 1.72. The van der Waals surface area contributed by atoms with Gasteiger partial charge in [-0.3, -0.25) is 14.8 Å². The molecule has 72 valence electrons. The molecule has 0 aromatic carbocycles. The molecular weight excluding hydrogens is 186 g/mol. The summed E-state index contributed by atoms with van der Waals surface area (Å²) < 4.78 is 0. The number of aryl methyl sites for hydroxylation is 1. The molecule has 0 unspecified atom stereocenters. The van der Waals surface area contributed by atoms with Crippen molar-refractivity contribution in [3.05, 3.63) is 26.7 Å². The van der Waals surface area contributed by atoms with Gasteiger partial charge in [0.25, 0.3) is 5.56 Å². The number of hydrogen-bond acceptors (Lipinski definition) is 5. The minimum atomic E-state index is -0.608. The summed E-state index contributed by atoms with van der Waals surface area (Å²) in [6.07, 6.45) is 0.585. The number of aromatic nitrogens is 5. The first-order chi connectivity index (χ1) is 6.70. The molecule has 0 bridgehead atoms. The van der Waals surface area contributed by atoms with Crippen LogP contribution in [0.25, 0.3) is 11.2 Å². The van der Waals surface area contributed by atoms with Gasteiger partial charge in [-0.15, -0.1) is 10.2 Å². The zero-order valence-corrected chi connectivity index (χ0v) is 7.37. The van der Waals surface area contributed by atoms with Gasteiger partial charge in [-0.2, -0.15) is 0 Å². The number of rotatable bonds is 1. The molecule has 2 aromatic heterocycles. The summed E-state index contributed by atoms with van der Waals surface area (Å²) in [4.78, 5) is 30.5. The molecule has 0 saturated heterocycles. The Bertz CT molecular complexity index is 584. The third kappa shape index (κ3) is 1.28. The second-order valence-electron chi connectivity index (χ2n) is 2.69. The SMILES string of the molecule is CCc1nnc2[nH]c(=O)[nH]c(=O)c2n1. The van der Waals surface area contributed by atoms with Crippen molar-refractivity contribution in [2.75, 3.05) is 0 Å². The number of aromatic amines is 2. The lowest BCUT2D eigenvalue weighted by Gasteiger charge is -1.95. The van der Waals surface area contributed by atoms with Crippen molar-refractivity contribution in [2.45, 2.75) is 13.3 Å². The summed E-state index contributed by atoms with van der Waals surface area (Å²) in [7, 11) is 0. The number of H-pyrrole nitrogens is 2. The molecule has 2 heterocycles. The van der Waals surface area contributed by atoms with E-state index in [-0.39, 0.29) is 11.2 Å². The van der Waals surface area contributed by atoms with Crippen molar-refractivity contribution in [3.63, 3.8) is 0 Å². The smallest absolute Gasteiger partial charge is 0.288 e. The number of fused-ring (bicyclic) bond motifs is 1. The van der Waals surface area contributed by atoms with E-state index in [9.17, 15) is 9.59 Å². The molecule has 0 amide bonds. The van der Waals surface area contributed by atoms with E-state index in [1.807, 2.05) is 6.92 Å². The van der Waals surface area contributed by atoms with Crippen LogP contribution >= 0.6 is 0 Å². The standard InChI is InChI=1S/C7H7N5O2/c1-2-3-8-4-5(12-11-3)9-7(14)10-6(4)13/h2H2,1H3,(H2,9,10,12,13,14). The highest BCUT2D eigenvalue weighted by Crippen LogP contribution is 1.95. The van der Waals surface area contributed by atoms with Crippen LogP contribution in [0.4, 0.5) is 0 Å². The van der Waals surface area contributed by atoms with Gasteiger partial charge in [0.2, 0.25) is 0 Å². The Balaban J connectivity index is 2.89. The molecular formula is C7H7N5O2. The molecule has 0 fully saturated rings. The maximum atomic E-state index is 11.3. The fraction of sp³-hybridized carbons (Fsp3) is 0.286. The van der Waals surface area contributed by atoms with Gasteiger partial charge in [0.05, 0.1) is 0 Å². The summed E-state index contributed by atoms with van der Waals surface area (Å²) >= 11 is 0. The van der Waals surface area contributed by atoms with Crippen LogP contribution in [-0.2, 0) is 6.42 Å². The highest BCUT2D eigenvalue weighted by Gasteiger charge is 2.04. The molecule has 7 heteroatoms. The van der Waals surface area contributed by atoms with E-state index in [0.717, 1.165) is 0 Å². The molecule has 0 atom stereocenters. The fourth-order valence-electron chi connectivity index (χ4n) is 1.05. The molecule has 0 spiro atoms. The van der Waals surface area contributed by atoms with E-state index >= 15 is 0 Å². The van der Waals surface area contributed by atoms with E-state index in [0.29, 0.717) is 12.2 Å². The number of nitrogens with zero attached hydrogens (tertiary/aromatic N) is 3. The molecule has 14 heavy (non-hydrogen) atoms.